The van der Waals surface area contributed by atoms with Gasteiger partial charge in [0.1, 0.15) is 0 Å². The molecule has 0 spiro atoms. The van der Waals surface area contributed by atoms with Gasteiger partial charge in [0, 0.05) is 17.5 Å². The van der Waals surface area contributed by atoms with Gasteiger partial charge in [-0.25, -0.2) is 0 Å². The summed E-state index contributed by atoms with van der Waals surface area (Å²) in [6.07, 6.45) is 0. The Bertz CT molecular complexity index is 420. The Hall–Kier alpha value is -1.47. The van der Waals surface area contributed by atoms with Crippen LogP contribution in [-0.4, -0.2) is 11.2 Å². The predicted molar refractivity (Wildman–Crippen MR) is 70.8 cm³/mol. The van der Waals surface area contributed by atoms with Crippen LogP contribution in [0.2, 0.25) is 0 Å². The lowest BCUT2D eigenvalue weighted by atomic mass is 10.1. The van der Waals surface area contributed by atoms with Crippen LogP contribution in [0.3, 0.4) is 0 Å². The third-order valence-electron chi connectivity index (χ3n) is 2.17. The Morgan fingerprint density at radius 3 is 2.35 bits per heavy atom. The highest BCUT2D eigenvalue weighted by atomic mass is 32.2. The molecule has 1 N–H and O–H groups in total. The van der Waals surface area contributed by atoms with Crippen LogP contribution in [0.1, 0.15) is 20.8 Å². The molecule has 1 unspecified atom stereocenters. The van der Waals surface area contributed by atoms with E-state index in [2.05, 4.69) is 11.4 Å². The zero-order valence-electron chi connectivity index (χ0n) is 10.2. The van der Waals surface area contributed by atoms with Crippen molar-refractivity contribution < 1.29 is 4.79 Å². The average molecular weight is 248 g/mol. The number of thioether (sulfide) groups is 1. The average Bonchev–Trinajstić information content (AvgIpc) is 2.26. The Kier molecular flexibility index (Phi) is 5.05. The van der Waals surface area contributed by atoms with E-state index in [0.717, 1.165) is 10.6 Å². The van der Waals surface area contributed by atoms with Gasteiger partial charge in [-0.2, -0.15) is 5.26 Å². The summed E-state index contributed by atoms with van der Waals surface area (Å²) in [5.74, 6) is 0.238. The van der Waals surface area contributed by atoms with Crippen LogP contribution < -0.4 is 5.32 Å². The second-order valence-electron chi connectivity index (χ2n) is 4.12. The molecule has 90 valence electrons. The van der Waals surface area contributed by atoms with E-state index in [4.69, 9.17) is 5.26 Å². The summed E-state index contributed by atoms with van der Waals surface area (Å²) < 4.78 is 0. The van der Waals surface area contributed by atoms with Crippen LogP contribution in [0.15, 0.2) is 29.2 Å². The summed E-state index contributed by atoms with van der Waals surface area (Å²) in [5, 5.41) is 11.7. The molecule has 1 aromatic carbocycles. The monoisotopic (exact) mass is 248 g/mol. The number of rotatable bonds is 4. The first-order chi connectivity index (χ1) is 8.02. The number of anilines is 1. The molecule has 1 amide bonds. The van der Waals surface area contributed by atoms with Gasteiger partial charge in [-0.3, -0.25) is 4.79 Å². The normalized spacial score (nSPS) is 11.9. The lowest BCUT2D eigenvalue weighted by Gasteiger charge is -2.12. The second-order valence-corrected chi connectivity index (χ2v) is 5.33. The number of nitrogens with one attached hydrogen (secondary N) is 1. The smallest absolute Gasteiger partial charge is 0.221 e. The van der Waals surface area contributed by atoms with Gasteiger partial charge >= 0.3 is 0 Å². The number of nitrogens with zero attached hydrogens (tertiary/aromatic N) is 1. The lowest BCUT2D eigenvalue weighted by Crippen LogP contribution is -2.08. The van der Waals surface area contributed by atoms with E-state index in [-0.39, 0.29) is 11.2 Å². The molecule has 0 saturated heterocycles. The molecule has 1 atom stereocenters. The fourth-order valence-corrected chi connectivity index (χ4v) is 2.19. The topological polar surface area (TPSA) is 52.9 Å². The van der Waals surface area contributed by atoms with Crippen molar-refractivity contribution in [3.8, 4) is 6.07 Å². The zero-order chi connectivity index (χ0) is 12.8. The first kappa shape index (κ1) is 13.6. The molecule has 0 bridgehead atoms. The summed E-state index contributed by atoms with van der Waals surface area (Å²) in [4.78, 5) is 11.9. The highest BCUT2D eigenvalue weighted by Gasteiger charge is 2.13. The number of carbonyl (C=O) groups excluding carboxylic acids is 1. The van der Waals surface area contributed by atoms with E-state index in [1.807, 2.05) is 38.1 Å². The number of nitriles is 1. The molecule has 0 fully saturated rings. The maximum absolute atomic E-state index is 10.9. The van der Waals surface area contributed by atoms with Crippen LogP contribution in [0.4, 0.5) is 5.69 Å². The van der Waals surface area contributed by atoms with Gasteiger partial charge in [0.2, 0.25) is 5.91 Å². The zero-order valence-corrected chi connectivity index (χ0v) is 11.0. The van der Waals surface area contributed by atoms with Crippen molar-refractivity contribution in [1.29, 1.82) is 5.26 Å². The van der Waals surface area contributed by atoms with Crippen LogP contribution >= 0.6 is 11.8 Å². The van der Waals surface area contributed by atoms with Gasteiger partial charge in [-0.05, 0) is 30.2 Å². The van der Waals surface area contributed by atoms with Crippen LogP contribution in [0.25, 0.3) is 0 Å². The van der Waals surface area contributed by atoms with Gasteiger partial charge in [-0.15, -0.1) is 11.8 Å². The molecule has 1 aromatic rings. The van der Waals surface area contributed by atoms with Crippen LogP contribution in [0.5, 0.6) is 0 Å². The Balaban J connectivity index is 2.68. The van der Waals surface area contributed by atoms with Crippen molar-refractivity contribution in [2.24, 2.45) is 5.92 Å². The highest BCUT2D eigenvalue weighted by molar-refractivity contribution is 8.00. The Labute approximate surface area is 106 Å². The van der Waals surface area contributed by atoms with E-state index >= 15 is 0 Å². The summed E-state index contributed by atoms with van der Waals surface area (Å²) in [6.45, 7) is 5.55. The molecular formula is C13H16N2OS. The van der Waals surface area contributed by atoms with Gasteiger partial charge in [0.05, 0.1) is 11.3 Å². The summed E-state index contributed by atoms with van der Waals surface area (Å²) in [7, 11) is 0. The van der Waals surface area contributed by atoms with Gasteiger partial charge in [0.25, 0.3) is 0 Å². The van der Waals surface area contributed by atoms with Gasteiger partial charge in [0.15, 0.2) is 0 Å². The lowest BCUT2D eigenvalue weighted by molar-refractivity contribution is -0.114. The van der Waals surface area contributed by atoms with E-state index in [0.29, 0.717) is 5.92 Å². The quantitative estimate of drug-likeness (QED) is 0.832. The minimum absolute atomic E-state index is 0.0402. The third kappa shape index (κ3) is 4.49. The molecule has 0 aromatic heterocycles. The Morgan fingerprint density at radius 1 is 1.35 bits per heavy atom. The van der Waals surface area contributed by atoms with Crippen molar-refractivity contribution in [1.82, 2.24) is 0 Å². The summed E-state index contributed by atoms with van der Waals surface area (Å²) >= 11 is 1.55. The predicted octanol–water partition coefficient (Wildman–Crippen LogP) is 3.29. The largest absolute Gasteiger partial charge is 0.326 e. The van der Waals surface area contributed by atoms with Crippen molar-refractivity contribution in [3.63, 3.8) is 0 Å². The maximum Gasteiger partial charge on any atom is 0.221 e. The molecule has 17 heavy (non-hydrogen) atoms. The highest BCUT2D eigenvalue weighted by Crippen LogP contribution is 2.28. The van der Waals surface area contributed by atoms with Crippen molar-refractivity contribution in [2.45, 2.75) is 30.9 Å². The minimum atomic E-state index is -0.0810. The molecule has 0 aliphatic heterocycles. The second kappa shape index (κ2) is 6.31. The van der Waals surface area contributed by atoms with E-state index in [9.17, 15) is 4.79 Å². The third-order valence-corrected chi connectivity index (χ3v) is 3.62. The first-order valence-electron chi connectivity index (χ1n) is 5.47. The van der Waals surface area contributed by atoms with Crippen molar-refractivity contribution >= 4 is 23.4 Å². The number of benzene rings is 1. The van der Waals surface area contributed by atoms with Crippen LogP contribution in [-0.2, 0) is 4.79 Å². The number of carbonyl (C=O) groups is 1. The van der Waals surface area contributed by atoms with Crippen molar-refractivity contribution in [3.05, 3.63) is 24.3 Å². The number of hydrogen-bond donors (Lipinski definition) is 1. The molecular weight excluding hydrogens is 232 g/mol. The molecule has 0 radical (unpaired) electrons. The van der Waals surface area contributed by atoms with E-state index in [1.165, 1.54) is 6.92 Å². The molecule has 0 aliphatic rings. The molecule has 3 nitrogen and oxygen atoms in total. The number of hydrogen-bond acceptors (Lipinski definition) is 3. The van der Waals surface area contributed by atoms with Crippen molar-refractivity contribution in [2.75, 3.05) is 5.32 Å². The van der Waals surface area contributed by atoms with Crippen LogP contribution in [0, 0.1) is 17.2 Å². The molecule has 1 rings (SSSR count). The number of amides is 1. The van der Waals surface area contributed by atoms with E-state index < -0.39 is 0 Å². The summed E-state index contributed by atoms with van der Waals surface area (Å²) in [5.41, 5.74) is 0.778. The van der Waals surface area contributed by atoms with Gasteiger partial charge < -0.3 is 5.32 Å². The van der Waals surface area contributed by atoms with E-state index in [1.54, 1.807) is 11.8 Å². The minimum Gasteiger partial charge on any atom is -0.326 e. The maximum atomic E-state index is 10.9. The fraction of sp³-hybridized carbons (Fsp3) is 0.385. The standard InChI is InChI=1S/C13H16N2OS/c1-9(2)13(8-14)17-12-6-4-11(5-7-12)15-10(3)16/h4-7,9,13H,1-3H3,(H,15,16). The molecule has 0 heterocycles. The SMILES string of the molecule is CC(=O)Nc1ccc(SC(C#N)C(C)C)cc1. The molecule has 4 heteroatoms. The molecule has 0 aliphatic carbocycles. The summed E-state index contributed by atoms with van der Waals surface area (Å²) in [6, 6.07) is 9.82. The molecule has 0 saturated carbocycles. The first-order valence-corrected chi connectivity index (χ1v) is 6.35. The Morgan fingerprint density at radius 2 is 1.94 bits per heavy atom. The fourth-order valence-electron chi connectivity index (χ4n) is 1.28. The van der Waals surface area contributed by atoms with Gasteiger partial charge in [-0.1, -0.05) is 13.8 Å².